The molecule has 15 heavy (non-hydrogen) atoms. The van der Waals surface area contributed by atoms with Gasteiger partial charge in [-0.3, -0.25) is 0 Å². The van der Waals surface area contributed by atoms with E-state index in [-0.39, 0.29) is 9.99 Å². The molecule has 1 heterocycles. The minimum atomic E-state index is -3.63. The molecule has 0 atom stereocenters. The van der Waals surface area contributed by atoms with Crippen LogP contribution in [-0.4, -0.2) is 13.4 Å². The molecule has 0 aliphatic heterocycles. The lowest BCUT2D eigenvalue weighted by Crippen LogP contribution is -1.99. The van der Waals surface area contributed by atoms with Gasteiger partial charge >= 0.3 is 0 Å². The van der Waals surface area contributed by atoms with E-state index in [2.05, 4.69) is 15.8 Å². The Morgan fingerprint density at radius 1 is 1.27 bits per heavy atom. The molecule has 0 bridgehead atoms. The van der Waals surface area contributed by atoms with Crippen molar-refractivity contribution in [2.45, 2.75) is 9.99 Å². The Bertz CT molecular complexity index is 546. The monoisotopic (exact) mass is 242 g/mol. The summed E-state index contributed by atoms with van der Waals surface area (Å²) in [6.07, 6.45) is 3.19. The van der Waals surface area contributed by atoms with Crippen molar-refractivity contribution in [2.24, 2.45) is 0 Å². The normalized spacial score (nSPS) is 11.5. The minimum Gasteiger partial charge on any atom is -0.420 e. The topological polar surface area (TPSA) is 60.2 Å². The number of benzene rings is 1. The van der Waals surface area contributed by atoms with Gasteiger partial charge in [0.15, 0.2) is 0 Å². The molecule has 1 aromatic carbocycles. The third-order valence-electron chi connectivity index (χ3n) is 1.76. The Morgan fingerprint density at radius 2 is 1.93 bits per heavy atom. The number of hydrogen-bond donors (Lipinski definition) is 0. The van der Waals surface area contributed by atoms with Crippen LogP contribution in [0.2, 0.25) is 5.02 Å². The van der Waals surface area contributed by atoms with Crippen LogP contribution >= 0.6 is 11.6 Å². The molecule has 2 aromatic rings. The summed E-state index contributed by atoms with van der Waals surface area (Å²) in [6.45, 7) is 0. The van der Waals surface area contributed by atoms with Crippen LogP contribution in [0.15, 0.2) is 44.9 Å². The molecule has 0 saturated heterocycles. The summed E-state index contributed by atoms with van der Waals surface area (Å²) in [5.41, 5.74) is 0. The number of halogens is 1. The molecular weight excluding hydrogens is 238 g/mol. The Balaban J connectivity index is 2.52. The van der Waals surface area contributed by atoms with Gasteiger partial charge in [0, 0.05) is 5.02 Å². The fourth-order valence-corrected chi connectivity index (χ4v) is 2.22. The first-order valence-corrected chi connectivity index (χ1v) is 5.79. The highest BCUT2D eigenvalue weighted by Gasteiger charge is 2.20. The zero-order chi connectivity index (χ0) is 10.9. The quantitative estimate of drug-likeness (QED) is 0.808. The summed E-state index contributed by atoms with van der Waals surface area (Å²) in [4.78, 5) is 3.54. The highest BCUT2D eigenvalue weighted by atomic mass is 35.5. The highest BCUT2D eigenvalue weighted by molar-refractivity contribution is 7.91. The lowest BCUT2D eigenvalue weighted by molar-refractivity contribution is 0.440. The minimum absolute atomic E-state index is 0.108. The molecular formula is C9H5ClNO3S. The second-order valence-electron chi connectivity index (χ2n) is 2.73. The lowest BCUT2D eigenvalue weighted by atomic mass is 10.4. The van der Waals surface area contributed by atoms with Gasteiger partial charge in [-0.25, -0.2) is 13.4 Å². The van der Waals surface area contributed by atoms with Crippen molar-refractivity contribution in [1.29, 1.82) is 0 Å². The first kappa shape index (κ1) is 10.2. The van der Waals surface area contributed by atoms with E-state index in [0.29, 0.717) is 5.02 Å². The molecule has 1 aromatic heterocycles. The molecule has 0 fully saturated rings. The highest BCUT2D eigenvalue weighted by Crippen LogP contribution is 2.21. The van der Waals surface area contributed by atoms with Crippen LogP contribution in [0.4, 0.5) is 0 Å². The second-order valence-corrected chi connectivity index (χ2v) is 5.05. The lowest BCUT2D eigenvalue weighted by Gasteiger charge is -1.99. The van der Waals surface area contributed by atoms with Crippen LogP contribution < -0.4 is 0 Å². The zero-order valence-corrected chi connectivity index (χ0v) is 8.92. The van der Waals surface area contributed by atoms with Gasteiger partial charge in [0.05, 0.1) is 11.1 Å². The number of hydrogen-bond acceptors (Lipinski definition) is 4. The van der Waals surface area contributed by atoms with Crippen LogP contribution in [0.25, 0.3) is 0 Å². The van der Waals surface area contributed by atoms with Crippen molar-refractivity contribution >= 4 is 21.4 Å². The van der Waals surface area contributed by atoms with Crippen molar-refractivity contribution in [3.8, 4) is 0 Å². The van der Waals surface area contributed by atoms with E-state index >= 15 is 0 Å². The summed E-state index contributed by atoms with van der Waals surface area (Å²) >= 11 is 5.65. The maximum absolute atomic E-state index is 11.8. The van der Waals surface area contributed by atoms with E-state index in [9.17, 15) is 8.42 Å². The van der Waals surface area contributed by atoms with E-state index in [0.717, 1.165) is 6.20 Å². The van der Waals surface area contributed by atoms with Gasteiger partial charge in [0.2, 0.25) is 14.9 Å². The molecule has 6 heteroatoms. The Hall–Kier alpha value is -1.33. The standard InChI is InChI=1S/C9H5ClNO3S/c10-7-1-3-8(4-2-7)15(12,13)9-5-11-6-14-9/h1-5H. The van der Waals surface area contributed by atoms with Crippen molar-refractivity contribution in [2.75, 3.05) is 0 Å². The number of nitrogens with zero attached hydrogens (tertiary/aromatic N) is 1. The molecule has 77 valence electrons. The van der Waals surface area contributed by atoms with E-state index in [1.54, 1.807) is 0 Å². The second kappa shape index (κ2) is 3.67. The molecule has 0 spiro atoms. The van der Waals surface area contributed by atoms with Crippen molar-refractivity contribution in [1.82, 2.24) is 4.98 Å². The van der Waals surface area contributed by atoms with Gasteiger partial charge in [-0.1, -0.05) is 11.6 Å². The van der Waals surface area contributed by atoms with Gasteiger partial charge in [-0.05, 0) is 24.3 Å². The SMILES string of the molecule is O=S(=O)(c1ccc(Cl)cc1)c1cn[c]o1. The predicted molar refractivity (Wildman–Crippen MR) is 52.2 cm³/mol. The van der Waals surface area contributed by atoms with Gasteiger partial charge in [0.1, 0.15) is 0 Å². The smallest absolute Gasteiger partial charge is 0.284 e. The van der Waals surface area contributed by atoms with E-state index < -0.39 is 9.84 Å². The molecule has 4 nitrogen and oxygen atoms in total. The van der Waals surface area contributed by atoms with E-state index in [1.807, 2.05) is 0 Å². The summed E-state index contributed by atoms with van der Waals surface area (Å²) in [5.74, 6) is 0. The van der Waals surface area contributed by atoms with Crippen molar-refractivity contribution < 1.29 is 12.8 Å². The van der Waals surface area contributed by atoms with Crippen LogP contribution in [0.1, 0.15) is 0 Å². The first-order chi connectivity index (χ1) is 7.10. The van der Waals surface area contributed by atoms with E-state index in [1.165, 1.54) is 24.3 Å². The van der Waals surface area contributed by atoms with Crippen LogP contribution in [-0.2, 0) is 9.84 Å². The van der Waals surface area contributed by atoms with Crippen LogP contribution in [0, 0.1) is 6.39 Å². The maximum atomic E-state index is 11.8. The predicted octanol–water partition coefficient (Wildman–Crippen LogP) is 1.96. The Morgan fingerprint density at radius 3 is 2.47 bits per heavy atom. The molecule has 2 rings (SSSR count). The molecule has 0 N–H and O–H groups in total. The third-order valence-corrected chi connectivity index (χ3v) is 3.62. The Kier molecular flexibility index (Phi) is 2.50. The summed E-state index contributed by atoms with van der Waals surface area (Å²) in [7, 11) is -3.63. The molecule has 0 aliphatic carbocycles. The maximum Gasteiger partial charge on any atom is 0.284 e. The van der Waals surface area contributed by atoms with Crippen LogP contribution in [0.3, 0.4) is 0 Å². The van der Waals surface area contributed by atoms with Gasteiger partial charge in [-0.2, -0.15) is 0 Å². The molecule has 0 saturated carbocycles. The summed E-state index contributed by atoms with van der Waals surface area (Å²) < 4.78 is 28.2. The number of rotatable bonds is 2. The van der Waals surface area contributed by atoms with E-state index in [4.69, 9.17) is 11.6 Å². The van der Waals surface area contributed by atoms with Gasteiger partial charge < -0.3 is 4.42 Å². The molecule has 1 radical (unpaired) electrons. The first-order valence-electron chi connectivity index (χ1n) is 3.93. The van der Waals surface area contributed by atoms with Gasteiger partial charge in [0.25, 0.3) is 6.39 Å². The fourth-order valence-electron chi connectivity index (χ4n) is 1.03. The molecule has 0 unspecified atom stereocenters. The number of aromatic nitrogens is 1. The summed E-state index contributed by atoms with van der Waals surface area (Å²) in [5, 5.41) is 0.239. The van der Waals surface area contributed by atoms with Gasteiger partial charge in [-0.15, -0.1) is 0 Å². The largest absolute Gasteiger partial charge is 0.420 e. The number of sulfone groups is 1. The zero-order valence-electron chi connectivity index (χ0n) is 7.34. The average molecular weight is 243 g/mol. The summed E-state index contributed by atoms with van der Waals surface area (Å²) in [6, 6.07) is 5.80. The fraction of sp³-hybridized carbons (Fsp3) is 0. The molecule has 0 amide bonds. The van der Waals surface area contributed by atoms with Crippen molar-refractivity contribution in [3.63, 3.8) is 0 Å². The average Bonchev–Trinajstić information content (AvgIpc) is 2.71. The van der Waals surface area contributed by atoms with Crippen LogP contribution in [0.5, 0.6) is 0 Å². The van der Waals surface area contributed by atoms with Crippen molar-refractivity contribution in [3.05, 3.63) is 41.9 Å². The Labute approximate surface area is 91.4 Å². The molecule has 0 aliphatic rings. The number of oxazole rings is 1. The third kappa shape index (κ3) is 1.88.